The monoisotopic (exact) mass is 420 g/mol. The fourth-order valence-corrected chi connectivity index (χ4v) is 4.18. The van der Waals surface area contributed by atoms with E-state index in [0.717, 1.165) is 39.0 Å². The van der Waals surface area contributed by atoms with Crippen LogP contribution in [0.1, 0.15) is 28.4 Å². The molecule has 0 N–H and O–H groups in total. The summed E-state index contributed by atoms with van der Waals surface area (Å²) in [6.07, 6.45) is 0. The van der Waals surface area contributed by atoms with Crippen LogP contribution in [-0.2, 0) is 4.74 Å². The van der Waals surface area contributed by atoms with E-state index in [-0.39, 0.29) is 5.97 Å². The Kier molecular flexibility index (Phi) is 4.98. The number of aromatic nitrogens is 2. The predicted octanol–water partition coefficient (Wildman–Crippen LogP) is 6.62. The number of ether oxygens (including phenoxy) is 1. The molecule has 0 radical (unpaired) electrons. The molecule has 2 aromatic heterocycles. The zero-order chi connectivity index (χ0) is 22.2. The smallest absolute Gasteiger partial charge is 0.342 e. The molecule has 0 aliphatic rings. The molecule has 0 fully saturated rings. The van der Waals surface area contributed by atoms with Crippen molar-refractivity contribution in [2.24, 2.45) is 0 Å². The van der Waals surface area contributed by atoms with Crippen LogP contribution in [0.5, 0.6) is 0 Å². The van der Waals surface area contributed by atoms with E-state index in [1.165, 1.54) is 5.56 Å². The number of hydrogen-bond donors (Lipinski definition) is 0. The second-order valence-electron chi connectivity index (χ2n) is 8.03. The van der Waals surface area contributed by atoms with Gasteiger partial charge in [-0.2, -0.15) is 0 Å². The molecule has 0 spiro atoms. The Bertz CT molecular complexity index is 1450. The normalized spacial score (nSPS) is 11.2. The Balaban J connectivity index is 1.93. The minimum Gasteiger partial charge on any atom is -0.462 e. The molecule has 2 heterocycles. The van der Waals surface area contributed by atoms with Crippen molar-refractivity contribution in [2.75, 3.05) is 6.61 Å². The van der Waals surface area contributed by atoms with E-state index in [0.29, 0.717) is 17.8 Å². The maximum absolute atomic E-state index is 13.1. The number of carbonyl (C=O) groups excluding carboxylic acids is 1. The summed E-state index contributed by atoms with van der Waals surface area (Å²) in [5.41, 5.74) is 8.20. The number of carbonyl (C=O) groups is 1. The summed E-state index contributed by atoms with van der Waals surface area (Å²) in [4.78, 5) is 18.1. The highest BCUT2D eigenvalue weighted by molar-refractivity contribution is 6.11. The number of nitrogens with zero attached hydrogens (tertiary/aromatic N) is 2. The molecule has 0 atom stereocenters. The van der Waals surface area contributed by atoms with E-state index in [2.05, 4.69) is 65.9 Å². The summed E-state index contributed by atoms with van der Waals surface area (Å²) < 4.78 is 7.53. The van der Waals surface area contributed by atoms with Crippen molar-refractivity contribution in [1.82, 2.24) is 9.38 Å². The SMILES string of the molecule is CCOC(=O)c1c2cc(C)ccc2n2c(-c3ccccc3)cc(-c3ccc(C)cc3)nc12. The zero-order valence-electron chi connectivity index (χ0n) is 18.4. The van der Waals surface area contributed by atoms with Gasteiger partial charge in [0.2, 0.25) is 0 Å². The van der Waals surface area contributed by atoms with Crippen LogP contribution in [0.3, 0.4) is 0 Å². The fourth-order valence-electron chi connectivity index (χ4n) is 4.18. The minimum atomic E-state index is -0.349. The van der Waals surface area contributed by atoms with E-state index < -0.39 is 0 Å². The Hall–Kier alpha value is -3.92. The number of hydrogen-bond acceptors (Lipinski definition) is 3. The molecule has 0 bridgehead atoms. The Labute approximate surface area is 187 Å². The summed E-state index contributed by atoms with van der Waals surface area (Å²) in [5, 5.41) is 0.856. The van der Waals surface area contributed by atoms with Gasteiger partial charge in [0.15, 0.2) is 5.65 Å². The number of esters is 1. The average Bonchev–Trinajstić information content (AvgIpc) is 3.13. The number of fused-ring (bicyclic) bond motifs is 3. The summed E-state index contributed by atoms with van der Waals surface area (Å²) in [5.74, 6) is -0.349. The van der Waals surface area contributed by atoms with Crippen LogP contribution in [0.15, 0.2) is 78.9 Å². The molecule has 0 aliphatic carbocycles. The highest BCUT2D eigenvalue weighted by Crippen LogP contribution is 2.34. The van der Waals surface area contributed by atoms with Crippen molar-refractivity contribution in [2.45, 2.75) is 20.8 Å². The van der Waals surface area contributed by atoms with Crippen LogP contribution in [0.4, 0.5) is 0 Å². The first-order valence-corrected chi connectivity index (χ1v) is 10.8. The quantitative estimate of drug-likeness (QED) is 0.307. The average molecular weight is 421 g/mol. The Morgan fingerprint density at radius 3 is 2.31 bits per heavy atom. The van der Waals surface area contributed by atoms with Gasteiger partial charge in [-0.25, -0.2) is 9.78 Å². The lowest BCUT2D eigenvalue weighted by Gasteiger charge is -2.11. The fraction of sp³-hybridized carbons (Fsp3) is 0.143. The molecule has 4 heteroatoms. The van der Waals surface area contributed by atoms with Crippen LogP contribution < -0.4 is 0 Å². The van der Waals surface area contributed by atoms with Gasteiger partial charge in [0.25, 0.3) is 0 Å². The van der Waals surface area contributed by atoms with Crippen LogP contribution in [0, 0.1) is 13.8 Å². The maximum Gasteiger partial charge on any atom is 0.342 e. The van der Waals surface area contributed by atoms with Gasteiger partial charge >= 0.3 is 5.97 Å². The minimum absolute atomic E-state index is 0.312. The third kappa shape index (κ3) is 3.34. The highest BCUT2D eigenvalue weighted by Gasteiger charge is 2.24. The van der Waals surface area contributed by atoms with Crippen LogP contribution in [0.2, 0.25) is 0 Å². The summed E-state index contributed by atoms with van der Waals surface area (Å²) in [7, 11) is 0. The predicted molar refractivity (Wildman–Crippen MR) is 129 cm³/mol. The molecule has 0 aliphatic heterocycles. The van der Waals surface area contributed by atoms with Crippen molar-refractivity contribution >= 4 is 22.5 Å². The molecule has 5 aromatic rings. The molecular formula is C28H24N2O2. The molecule has 0 saturated heterocycles. The van der Waals surface area contributed by atoms with E-state index in [4.69, 9.17) is 9.72 Å². The topological polar surface area (TPSA) is 43.6 Å². The van der Waals surface area contributed by atoms with E-state index >= 15 is 0 Å². The molecule has 158 valence electrons. The van der Waals surface area contributed by atoms with Gasteiger partial charge in [-0.15, -0.1) is 0 Å². The summed E-state index contributed by atoms with van der Waals surface area (Å²) in [6.45, 7) is 6.23. The summed E-state index contributed by atoms with van der Waals surface area (Å²) in [6, 6.07) is 26.8. The van der Waals surface area contributed by atoms with Gasteiger partial charge < -0.3 is 4.74 Å². The molecule has 3 aromatic carbocycles. The lowest BCUT2D eigenvalue weighted by molar-refractivity contribution is 0.0530. The first-order valence-electron chi connectivity index (χ1n) is 10.8. The molecule has 0 saturated carbocycles. The second kappa shape index (κ2) is 7.97. The van der Waals surface area contributed by atoms with Gasteiger partial charge in [0.1, 0.15) is 5.56 Å². The maximum atomic E-state index is 13.1. The van der Waals surface area contributed by atoms with E-state index in [1.54, 1.807) is 0 Å². The largest absolute Gasteiger partial charge is 0.462 e. The Morgan fingerprint density at radius 2 is 1.59 bits per heavy atom. The van der Waals surface area contributed by atoms with Gasteiger partial charge in [-0.05, 0) is 44.5 Å². The third-order valence-corrected chi connectivity index (χ3v) is 5.73. The zero-order valence-corrected chi connectivity index (χ0v) is 18.4. The van der Waals surface area contributed by atoms with Crippen molar-refractivity contribution in [3.63, 3.8) is 0 Å². The second-order valence-corrected chi connectivity index (χ2v) is 8.03. The van der Waals surface area contributed by atoms with Gasteiger partial charge in [0.05, 0.1) is 23.5 Å². The van der Waals surface area contributed by atoms with Gasteiger partial charge in [-0.1, -0.05) is 71.8 Å². The van der Waals surface area contributed by atoms with Crippen molar-refractivity contribution < 1.29 is 9.53 Å². The van der Waals surface area contributed by atoms with Crippen LogP contribution >= 0.6 is 0 Å². The molecule has 5 rings (SSSR count). The molecule has 0 amide bonds. The first kappa shape index (κ1) is 20.0. The van der Waals surface area contributed by atoms with Crippen LogP contribution in [0.25, 0.3) is 39.1 Å². The molecule has 32 heavy (non-hydrogen) atoms. The van der Waals surface area contributed by atoms with E-state index in [9.17, 15) is 4.79 Å². The number of rotatable bonds is 4. The van der Waals surface area contributed by atoms with Crippen molar-refractivity contribution in [3.8, 4) is 22.5 Å². The van der Waals surface area contributed by atoms with Crippen molar-refractivity contribution in [3.05, 3.63) is 95.6 Å². The first-order chi connectivity index (χ1) is 15.6. The third-order valence-electron chi connectivity index (χ3n) is 5.73. The van der Waals surface area contributed by atoms with Gasteiger partial charge in [0, 0.05) is 10.9 Å². The van der Waals surface area contributed by atoms with Crippen LogP contribution in [-0.4, -0.2) is 22.0 Å². The number of benzene rings is 3. The highest BCUT2D eigenvalue weighted by atomic mass is 16.5. The van der Waals surface area contributed by atoms with Crippen molar-refractivity contribution in [1.29, 1.82) is 0 Å². The molecule has 0 unspecified atom stereocenters. The standard InChI is InChI=1S/C28H24N2O2/c1-4-32-28(31)26-22-16-19(3)12-15-24(22)30-25(21-8-6-5-7-9-21)17-23(29-27(26)30)20-13-10-18(2)11-14-20/h5-17H,4H2,1-3H3. The lowest BCUT2D eigenvalue weighted by atomic mass is 10.1. The summed E-state index contributed by atoms with van der Waals surface area (Å²) >= 11 is 0. The van der Waals surface area contributed by atoms with E-state index in [1.807, 2.05) is 38.1 Å². The molecule has 4 nitrogen and oxygen atoms in total. The number of aryl methyl sites for hydroxylation is 2. The Morgan fingerprint density at radius 1 is 0.875 bits per heavy atom. The van der Waals surface area contributed by atoms with Gasteiger partial charge in [-0.3, -0.25) is 4.40 Å². The lowest BCUT2D eigenvalue weighted by Crippen LogP contribution is -2.06. The molecular weight excluding hydrogens is 396 g/mol.